The number of carbonyl (C=O) groups is 2. The molecule has 0 aliphatic heterocycles. The summed E-state index contributed by atoms with van der Waals surface area (Å²) in [5.41, 5.74) is 0.543. The largest absolute Gasteiger partial charge is 0.473 e. The lowest BCUT2D eigenvalue weighted by Crippen LogP contribution is -2.44. The summed E-state index contributed by atoms with van der Waals surface area (Å²) in [6, 6.07) is 8.95. The molecule has 2 N–H and O–H groups in total. The summed E-state index contributed by atoms with van der Waals surface area (Å²) in [7, 11) is 0. The van der Waals surface area contributed by atoms with E-state index in [0.717, 1.165) is 25.7 Å². The van der Waals surface area contributed by atoms with Crippen molar-refractivity contribution in [3.8, 4) is 5.88 Å². The second-order valence-electron chi connectivity index (χ2n) is 6.25. The first-order valence-corrected chi connectivity index (χ1v) is 8.76. The van der Waals surface area contributed by atoms with E-state index in [-0.39, 0.29) is 30.5 Å². The molecule has 2 aromatic rings. The lowest BCUT2D eigenvalue weighted by molar-refractivity contribution is -0.121. The van der Waals surface area contributed by atoms with Crippen molar-refractivity contribution in [2.45, 2.75) is 37.8 Å². The van der Waals surface area contributed by atoms with Gasteiger partial charge in [-0.1, -0.05) is 18.2 Å². The van der Waals surface area contributed by atoms with E-state index in [9.17, 15) is 9.59 Å². The number of hydrogen-bond acceptors (Lipinski definition) is 5. The van der Waals surface area contributed by atoms with Crippen molar-refractivity contribution in [3.05, 3.63) is 54.5 Å². The van der Waals surface area contributed by atoms with E-state index in [1.54, 1.807) is 42.9 Å². The van der Waals surface area contributed by atoms with Crippen molar-refractivity contribution in [2.75, 3.05) is 6.54 Å². The van der Waals surface area contributed by atoms with E-state index in [2.05, 4.69) is 20.6 Å². The zero-order valence-electron chi connectivity index (χ0n) is 14.4. The molecule has 136 valence electrons. The quantitative estimate of drug-likeness (QED) is 0.824. The number of ether oxygens (including phenoxy) is 1. The van der Waals surface area contributed by atoms with Gasteiger partial charge in [0.25, 0.3) is 5.91 Å². The van der Waals surface area contributed by atoms with Gasteiger partial charge in [-0.3, -0.25) is 14.6 Å². The van der Waals surface area contributed by atoms with Crippen molar-refractivity contribution >= 4 is 11.8 Å². The van der Waals surface area contributed by atoms with Crippen LogP contribution in [0.4, 0.5) is 0 Å². The minimum atomic E-state index is -0.248. The molecule has 1 heterocycles. The summed E-state index contributed by atoms with van der Waals surface area (Å²) < 4.78 is 5.79. The van der Waals surface area contributed by atoms with Gasteiger partial charge in [-0.25, -0.2) is 4.98 Å². The molecule has 2 amide bonds. The highest BCUT2D eigenvalue weighted by molar-refractivity contribution is 5.96. The molecule has 0 spiro atoms. The van der Waals surface area contributed by atoms with Gasteiger partial charge in [0, 0.05) is 24.0 Å². The lowest BCUT2D eigenvalue weighted by atomic mass is 9.93. The van der Waals surface area contributed by atoms with Gasteiger partial charge in [-0.15, -0.1) is 0 Å². The Morgan fingerprint density at radius 1 is 1.08 bits per heavy atom. The summed E-state index contributed by atoms with van der Waals surface area (Å²) in [6.45, 7) is -0.0240. The van der Waals surface area contributed by atoms with Gasteiger partial charge in [0.05, 0.1) is 12.7 Å². The van der Waals surface area contributed by atoms with Crippen LogP contribution < -0.4 is 15.4 Å². The second-order valence-corrected chi connectivity index (χ2v) is 6.25. The third-order valence-electron chi connectivity index (χ3n) is 4.31. The predicted octanol–water partition coefficient (Wildman–Crippen LogP) is 1.71. The molecule has 1 aromatic heterocycles. The van der Waals surface area contributed by atoms with Gasteiger partial charge in [-0.2, -0.15) is 0 Å². The fourth-order valence-corrected chi connectivity index (χ4v) is 2.97. The zero-order valence-corrected chi connectivity index (χ0v) is 14.4. The first kappa shape index (κ1) is 17.8. The maximum Gasteiger partial charge on any atom is 0.251 e. The molecule has 1 aliphatic rings. The Morgan fingerprint density at radius 2 is 1.85 bits per heavy atom. The summed E-state index contributed by atoms with van der Waals surface area (Å²) in [5, 5.41) is 5.61. The van der Waals surface area contributed by atoms with Gasteiger partial charge in [0.2, 0.25) is 11.8 Å². The number of hydrogen-bond donors (Lipinski definition) is 2. The number of nitrogens with zero attached hydrogens (tertiary/aromatic N) is 2. The smallest absolute Gasteiger partial charge is 0.251 e. The van der Waals surface area contributed by atoms with E-state index < -0.39 is 0 Å². The third-order valence-corrected chi connectivity index (χ3v) is 4.31. The first-order chi connectivity index (χ1) is 12.7. The van der Waals surface area contributed by atoms with E-state index >= 15 is 0 Å². The molecule has 0 unspecified atom stereocenters. The molecule has 1 aromatic carbocycles. The predicted molar refractivity (Wildman–Crippen MR) is 95.6 cm³/mol. The molecule has 26 heavy (non-hydrogen) atoms. The highest BCUT2D eigenvalue weighted by atomic mass is 16.5. The summed E-state index contributed by atoms with van der Waals surface area (Å²) >= 11 is 0. The second kappa shape index (κ2) is 8.94. The van der Waals surface area contributed by atoms with Crippen LogP contribution in [0.15, 0.2) is 48.9 Å². The minimum Gasteiger partial charge on any atom is -0.473 e. The van der Waals surface area contributed by atoms with E-state index in [4.69, 9.17) is 4.74 Å². The molecular weight excluding hydrogens is 332 g/mol. The Hall–Kier alpha value is -2.96. The Bertz CT molecular complexity index is 716. The van der Waals surface area contributed by atoms with E-state index in [0.29, 0.717) is 11.4 Å². The number of nitrogens with one attached hydrogen (secondary N) is 2. The first-order valence-electron chi connectivity index (χ1n) is 8.76. The number of aromatic nitrogens is 2. The summed E-state index contributed by atoms with van der Waals surface area (Å²) in [6.07, 6.45) is 8.27. The van der Waals surface area contributed by atoms with Gasteiger partial charge < -0.3 is 15.4 Å². The van der Waals surface area contributed by atoms with E-state index in [1.807, 2.05) is 6.07 Å². The fraction of sp³-hybridized carbons (Fsp3) is 0.368. The molecule has 7 heteroatoms. The number of carbonyl (C=O) groups excluding carboxylic acids is 2. The number of benzene rings is 1. The van der Waals surface area contributed by atoms with Crippen LogP contribution in [-0.4, -0.2) is 40.5 Å². The molecular formula is C19H22N4O3. The van der Waals surface area contributed by atoms with Crippen molar-refractivity contribution in [1.82, 2.24) is 20.6 Å². The highest BCUT2D eigenvalue weighted by Crippen LogP contribution is 2.22. The van der Waals surface area contributed by atoms with Crippen molar-refractivity contribution in [1.29, 1.82) is 0 Å². The average molecular weight is 354 g/mol. The lowest BCUT2D eigenvalue weighted by Gasteiger charge is -2.29. The third kappa shape index (κ3) is 5.27. The molecule has 7 nitrogen and oxygen atoms in total. The maximum atomic E-state index is 12.0. The number of rotatable bonds is 6. The molecule has 1 fully saturated rings. The fourth-order valence-electron chi connectivity index (χ4n) is 2.97. The van der Waals surface area contributed by atoms with Gasteiger partial charge >= 0.3 is 0 Å². The molecule has 0 saturated heterocycles. The Morgan fingerprint density at radius 3 is 2.54 bits per heavy atom. The SMILES string of the molecule is O=C(CNC(=O)c1ccccc1)NC1CCC(Oc2cnccn2)CC1. The summed E-state index contributed by atoms with van der Waals surface area (Å²) in [5.74, 6) is 0.109. The Balaban J connectivity index is 1.36. The van der Waals surface area contributed by atoms with Crippen LogP contribution in [0.1, 0.15) is 36.0 Å². The molecule has 1 saturated carbocycles. The Kier molecular flexibility index (Phi) is 6.14. The van der Waals surface area contributed by atoms with Crippen LogP contribution in [0.5, 0.6) is 5.88 Å². The van der Waals surface area contributed by atoms with Crippen molar-refractivity contribution < 1.29 is 14.3 Å². The van der Waals surface area contributed by atoms with Gasteiger partial charge in [-0.05, 0) is 37.8 Å². The van der Waals surface area contributed by atoms with Crippen molar-refractivity contribution in [3.63, 3.8) is 0 Å². The Labute approximate surface area is 152 Å². The molecule has 0 bridgehead atoms. The van der Waals surface area contributed by atoms with Crippen LogP contribution in [0, 0.1) is 0 Å². The van der Waals surface area contributed by atoms with Gasteiger partial charge in [0.1, 0.15) is 6.10 Å². The monoisotopic (exact) mass is 354 g/mol. The molecule has 0 radical (unpaired) electrons. The molecule has 3 rings (SSSR count). The maximum absolute atomic E-state index is 12.0. The standard InChI is InChI=1S/C19H22N4O3/c24-17(12-22-19(25)14-4-2-1-3-5-14)23-15-6-8-16(9-7-15)26-18-13-20-10-11-21-18/h1-5,10-11,13,15-16H,6-9,12H2,(H,22,25)(H,23,24). The van der Waals surface area contributed by atoms with Crippen molar-refractivity contribution in [2.24, 2.45) is 0 Å². The van der Waals surface area contributed by atoms with Crippen LogP contribution >= 0.6 is 0 Å². The van der Waals surface area contributed by atoms with Crippen LogP contribution in [-0.2, 0) is 4.79 Å². The zero-order chi connectivity index (χ0) is 18.2. The van der Waals surface area contributed by atoms with Gasteiger partial charge in [0.15, 0.2) is 0 Å². The molecule has 1 aliphatic carbocycles. The van der Waals surface area contributed by atoms with Crippen LogP contribution in [0.25, 0.3) is 0 Å². The normalized spacial score (nSPS) is 19.4. The average Bonchev–Trinajstić information content (AvgIpc) is 2.69. The highest BCUT2D eigenvalue weighted by Gasteiger charge is 2.24. The minimum absolute atomic E-state index is 0.0240. The summed E-state index contributed by atoms with van der Waals surface area (Å²) in [4.78, 5) is 32.1. The molecule has 0 atom stereocenters. The number of amides is 2. The van der Waals surface area contributed by atoms with E-state index in [1.165, 1.54) is 0 Å². The van der Waals surface area contributed by atoms with Crippen LogP contribution in [0.3, 0.4) is 0 Å². The topological polar surface area (TPSA) is 93.2 Å². The van der Waals surface area contributed by atoms with Crippen LogP contribution in [0.2, 0.25) is 0 Å².